The van der Waals surface area contributed by atoms with Crippen LogP contribution < -0.4 is 5.32 Å². The standard InChI is InChI=1S/C15H19N3OS/c1-15(2,3)11-4-6-12(7-5-11)18-13(19)10-20-14-16-8-9-17-14/h4-9H,10H2,1-3H3,(H,16,17)(H,18,19). The number of imidazole rings is 1. The van der Waals surface area contributed by atoms with Crippen molar-refractivity contribution in [2.75, 3.05) is 11.1 Å². The Bertz CT molecular complexity index is 556. The molecule has 0 spiro atoms. The summed E-state index contributed by atoms with van der Waals surface area (Å²) >= 11 is 1.38. The number of aromatic nitrogens is 2. The van der Waals surface area contributed by atoms with E-state index in [1.807, 2.05) is 12.1 Å². The number of carbonyl (C=O) groups excluding carboxylic acids is 1. The maximum absolute atomic E-state index is 11.8. The fourth-order valence-corrected chi connectivity index (χ4v) is 2.34. The first kappa shape index (κ1) is 14.7. The Balaban J connectivity index is 1.88. The molecule has 0 aliphatic rings. The van der Waals surface area contributed by atoms with Crippen LogP contribution in [0.15, 0.2) is 41.8 Å². The molecule has 0 saturated heterocycles. The third-order valence-electron chi connectivity index (χ3n) is 2.85. The van der Waals surface area contributed by atoms with E-state index >= 15 is 0 Å². The summed E-state index contributed by atoms with van der Waals surface area (Å²) in [4.78, 5) is 18.8. The van der Waals surface area contributed by atoms with Crippen LogP contribution in [0.2, 0.25) is 0 Å². The minimum absolute atomic E-state index is 0.0325. The number of nitrogens with one attached hydrogen (secondary N) is 2. The Hall–Kier alpha value is -1.75. The molecule has 0 aliphatic carbocycles. The van der Waals surface area contributed by atoms with Crippen molar-refractivity contribution in [1.82, 2.24) is 9.97 Å². The fraction of sp³-hybridized carbons (Fsp3) is 0.333. The third-order valence-corrected chi connectivity index (χ3v) is 3.75. The van der Waals surface area contributed by atoms with E-state index in [0.29, 0.717) is 5.75 Å². The van der Waals surface area contributed by atoms with Gasteiger partial charge in [-0.05, 0) is 23.1 Å². The summed E-state index contributed by atoms with van der Waals surface area (Å²) in [5.41, 5.74) is 2.20. The van der Waals surface area contributed by atoms with Gasteiger partial charge < -0.3 is 10.3 Å². The zero-order chi connectivity index (χ0) is 14.6. The van der Waals surface area contributed by atoms with Gasteiger partial charge in [0, 0.05) is 18.1 Å². The predicted molar refractivity (Wildman–Crippen MR) is 83.1 cm³/mol. The molecule has 106 valence electrons. The minimum atomic E-state index is -0.0325. The van der Waals surface area contributed by atoms with E-state index in [-0.39, 0.29) is 11.3 Å². The Morgan fingerprint density at radius 2 is 2.00 bits per heavy atom. The van der Waals surface area contributed by atoms with Crippen LogP contribution >= 0.6 is 11.8 Å². The summed E-state index contributed by atoms with van der Waals surface area (Å²) < 4.78 is 0. The summed E-state index contributed by atoms with van der Waals surface area (Å²) in [6, 6.07) is 7.98. The van der Waals surface area contributed by atoms with Gasteiger partial charge in [0.1, 0.15) is 0 Å². The lowest BCUT2D eigenvalue weighted by Crippen LogP contribution is -2.15. The van der Waals surface area contributed by atoms with Crippen molar-refractivity contribution in [3.8, 4) is 0 Å². The number of H-pyrrole nitrogens is 1. The number of hydrogen-bond donors (Lipinski definition) is 2. The van der Waals surface area contributed by atoms with Gasteiger partial charge in [0.15, 0.2) is 5.16 Å². The molecule has 5 heteroatoms. The van der Waals surface area contributed by atoms with E-state index in [1.165, 1.54) is 17.3 Å². The molecule has 0 aliphatic heterocycles. The molecule has 0 atom stereocenters. The first-order chi connectivity index (χ1) is 9.45. The first-order valence-electron chi connectivity index (χ1n) is 6.48. The van der Waals surface area contributed by atoms with Crippen LogP contribution in [0.3, 0.4) is 0 Å². The van der Waals surface area contributed by atoms with Crippen molar-refractivity contribution >= 4 is 23.4 Å². The largest absolute Gasteiger partial charge is 0.340 e. The quantitative estimate of drug-likeness (QED) is 0.848. The van der Waals surface area contributed by atoms with E-state index in [2.05, 4.69) is 48.2 Å². The van der Waals surface area contributed by atoms with Crippen LogP contribution in [-0.2, 0) is 10.2 Å². The van der Waals surface area contributed by atoms with Crippen LogP contribution in [0.1, 0.15) is 26.3 Å². The molecule has 4 nitrogen and oxygen atoms in total. The highest BCUT2D eigenvalue weighted by molar-refractivity contribution is 7.99. The maximum atomic E-state index is 11.8. The number of benzene rings is 1. The van der Waals surface area contributed by atoms with Gasteiger partial charge in [-0.25, -0.2) is 4.98 Å². The summed E-state index contributed by atoms with van der Waals surface area (Å²) in [5, 5.41) is 3.63. The van der Waals surface area contributed by atoms with Crippen LogP contribution in [0.4, 0.5) is 5.69 Å². The number of rotatable bonds is 4. The number of nitrogens with zero attached hydrogens (tertiary/aromatic N) is 1. The Labute approximate surface area is 123 Å². The molecule has 1 amide bonds. The Morgan fingerprint density at radius 1 is 1.30 bits per heavy atom. The van der Waals surface area contributed by atoms with E-state index in [1.54, 1.807) is 12.4 Å². The van der Waals surface area contributed by atoms with Crippen molar-refractivity contribution in [2.45, 2.75) is 31.3 Å². The second kappa shape index (κ2) is 6.13. The molecule has 0 fully saturated rings. The summed E-state index contributed by atoms with van der Waals surface area (Å²) in [6.45, 7) is 6.50. The minimum Gasteiger partial charge on any atom is -0.340 e. The van der Waals surface area contributed by atoms with E-state index < -0.39 is 0 Å². The van der Waals surface area contributed by atoms with E-state index in [4.69, 9.17) is 0 Å². The number of amides is 1. The number of carbonyl (C=O) groups is 1. The van der Waals surface area contributed by atoms with Crippen molar-refractivity contribution in [3.63, 3.8) is 0 Å². The number of anilines is 1. The highest BCUT2D eigenvalue weighted by Gasteiger charge is 2.13. The molecular formula is C15H19N3OS. The summed E-state index contributed by atoms with van der Waals surface area (Å²) in [7, 11) is 0. The van der Waals surface area contributed by atoms with Crippen LogP contribution in [-0.4, -0.2) is 21.6 Å². The van der Waals surface area contributed by atoms with Crippen molar-refractivity contribution < 1.29 is 4.79 Å². The number of hydrogen-bond acceptors (Lipinski definition) is 3. The molecule has 1 heterocycles. The molecule has 1 aromatic heterocycles. The van der Waals surface area contributed by atoms with Gasteiger partial charge in [-0.3, -0.25) is 4.79 Å². The van der Waals surface area contributed by atoms with Gasteiger partial charge in [0.2, 0.25) is 5.91 Å². The number of aromatic amines is 1. The molecule has 0 bridgehead atoms. The molecule has 2 rings (SSSR count). The highest BCUT2D eigenvalue weighted by Crippen LogP contribution is 2.23. The van der Waals surface area contributed by atoms with Gasteiger partial charge in [-0.2, -0.15) is 0 Å². The van der Waals surface area contributed by atoms with Crippen LogP contribution in [0, 0.1) is 0 Å². The maximum Gasteiger partial charge on any atom is 0.234 e. The van der Waals surface area contributed by atoms with Gasteiger partial charge >= 0.3 is 0 Å². The second-order valence-corrected chi connectivity index (χ2v) is 6.52. The Morgan fingerprint density at radius 3 is 2.55 bits per heavy atom. The van der Waals surface area contributed by atoms with Gasteiger partial charge in [-0.1, -0.05) is 44.7 Å². The van der Waals surface area contributed by atoms with E-state index in [9.17, 15) is 4.79 Å². The topological polar surface area (TPSA) is 57.8 Å². The highest BCUT2D eigenvalue weighted by atomic mass is 32.2. The molecule has 20 heavy (non-hydrogen) atoms. The zero-order valence-electron chi connectivity index (χ0n) is 11.9. The Kier molecular flexibility index (Phi) is 4.49. The lowest BCUT2D eigenvalue weighted by molar-refractivity contribution is -0.113. The van der Waals surface area contributed by atoms with Crippen molar-refractivity contribution in [2.24, 2.45) is 0 Å². The summed E-state index contributed by atoms with van der Waals surface area (Å²) in [6.07, 6.45) is 3.41. The molecule has 0 saturated carbocycles. The van der Waals surface area contributed by atoms with Crippen LogP contribution in [0.25, 0.3) is 0 Å². The van der Waals surface area contributed by atoms with Gasteiger partial charge in [-0.15, -0.1) is 0 Å². The summed E-state index contributed by atoms with van der Waals surface area (Å²) in [5.74, 6) is 0.309. The molecule has 1 aromatic carbocycles. The monoisotopic (exact) mass is 289 g/mol. The third kappa shape index (κ3) is 4.13. The zero-order valence-corrected chi connectivity index (χ0v) is 12.8. The molecule has 0 unspecified atom stereocenters. The average Bonchev–Trinajstić information content (AvgIpc) is 2.89. The molecule has 2 N–H and O–H groups in total. The van der Waals surface area contributed by atoms with Gasteiger partial charge in [0.05, 0.1) is 5.75 Å². The van der Waals surface area contributed by atoms with Crippen LogP contribution in [0.5, 0.6) is 0 Å². The molecule has 0 radical (unpaired) electrons. The number of thioether (sulfide) groups is 1. The van der Waals surface area contributed by atoms with Crippen molar-refractivity contribution in [1.29, 1.82) is 0 Å². The van der Waals surface area contributed by atoms with Crippen molar-refractivity contribution in [3.05, 3.63) is 42.2 Å². The lowest BCUT2D eigenvalue weighted by Gasteiger charge is -2.19. The molecule has 2 aromatic rings. The second-order valence-electron chi connectivity index (χ2n) is 5.56. The van der Waals surface area contributed by atoms with E-state index in [0.717, 1.165) is 10.8 Å². The lowest BCUT2D eigenvalue weighted by atomic mass is 9.87. The predicted octanol–water partition coefficient (Wildman–Crippen LogP) is 3.44. The SMILES string of the molecule is CC(C)(C)c1ccc(NC(=O)CSc2ncc[nH]2)cc1. The first-order valence-corrected chi connectivity index (χ1v) is 7.46. The fourth-order valence-electron chi connectivity index (χ4n) is 1.71. The normalized spacial score (nSPS) is 11.3. The smallest absolute Gasteiger partial charge is 0.234 e. The molecular weight excluding hydrogens is 270 g/mol. The average molecular weight is 289 g/mol. The van der Waals surface area contributed by atoms with Gasteiger partial charge in [0.25, 0.3) is 0 Å².